The highest BCUT2D eigenvalue weighted by molar-refractivity contribution is 5.83. The number of aromatic nitrogens is 6. The average Bonchev–Trinajstić information content (AvgIpc) is 3.32. The van der Waals surface area contributed by atoms with E-state index in [-0.39, 0.29) is 5.56 Å². The second-order valence-corrected chi connectivity index (χ2v) is 6.37. The summed E-state index contributed by atoms with van der Waals surface area (Å²) in [4.78, 5) is 16.2. The van der Waals surface area contributed by atoms with Gasteiger partial charge in [0.05, 0.1) is 16.9 Å². The summed E-state index contributed by atoms with van der Waals surface area (Å²) in [6, 6.07) is 17.3. The summed E-state index contributed by atoms with van der Waals surface area (Å²) in [7, 11) is 0. The lowest BCUT2D eigenvalue weighted by molar-refractivity contribution is 0.859. The first-order chi connectivity index (χ1) is 13.2. The molecule has 7 nitrogen and oxygen atoms in total. The summed E-state index contributed by atoms with van der Waals surface area (Å²) in [6.45, 7) is 2.04. The van der Waals surface area contributed by atoms with Crippen LogP contribution >= 0.6 is 0 Å². The average molecular weight is 356 g/mol. The minimum absolute atomic E-state index is 0.170. The molecule has 132 valence electrons. The summed E-state index contributed by atoms with van der Waals surface area (Å²) < 4.78 is 1.44. The van der Waals surface area contributed by atoms with Crippen molar-refractivity contribution in [3.8, 4) is 22.4 Å². The standard InChI is InChI=1S/C20H16N6O/c1-2-14-19(12-6-4-3-5-7-12)20-21-16(11-18(27)26(20)24-14)13-8-9-15-17(10-13)23-25-22-15/h3-11,21H,2H2,1H3,(H,22,23,25). The maximum Gasteiger partial charge on any atom is 0.274 e. The van der Waals surface area contributed by atoms with Crippen molar-refractivity contribution in [3.05, 3.63) is 70.6 Å². The van der Waals surface area contributed by atoms with Crippen LogP contribution in [0.1, 0.15) is 12.6 Å². The van der Waals surface area contributed by atoms with Crippen molar-refractivity contribution in [1.29, 1.82) is 0 Å². The van der Waals surface area contributed by atoms with Crippen LogP contribution in [0.4, 0.5) is 0 Å². The fraction of sp³-hybridized carbons (Fsp3) is 0.100. The molecule has 2 N–H and O–H groups in total. The fourth-order valence-electron chi connectivity index (χ4n) is 3.41. The van der Waals surface area contributed by atoms with Crippen molar-refractivity contribution in [3.63, 3.8) is 0 Å². The lowest BCUT2D eigenvalue weighted by atomic mass is 10.0. The zero-order valence-corrected chi connectivity index (χ0v) is 14.6. The molecule has 7 heteroatoms. The Hall–Kier alpha value is -3.74. The largest absolute Gasteiger partial charge is 0.339 e. The number of rotatable bonds is 3. The Kier molecular flexibility index (Phi) is 3.39. The first-order valence-corrected chi connectivity index (χ1v) is 8.76. The zero-order chi connectivity index (χ0) is 18.4. The lowest BCUT2D eigenvalue weighted by Crippen LogP contribution is -2.14. The smallest absolute Gasteiger partial charge is 0.274 e. The molecule has 0 bridgehead atoms. The van der Waals surface area contributed by atoms with Crippen LogP contribution in [0.15, 0.2) is 59.4 Å². The molecule has 0 unspecified atom stereocenters. The normalized spacial score (nSPS) is 11.4. The van der Waals surface area contributed by atoms with E-state index in [1.165, 1.54) is 4.52 Å². The van der Waals surface area contributed by atoms with E-state index < -0.39 is 0 Å². The molecule has 0 aliphatic rings. The van der Waals surface area contributed by atoms with E-state index in [1.54, 1.807) is 6.07 Å². The van der Waals surface area contributed by atoms with Crippen LogP contribution < -0.4 is 5.56 Å². The summed E-state index contributed by atoms with van der Waals surface area (Å²) in [6.07, 6.45) is 0.736. The van der Waals surface area contributed by atoms with Crippen LogP contribution in [0.3, 0.4) is 0 Å². The molecule has 0 aliphatic heterocycles. The van der Waals surface area contributed by atoms with Gasteiger partial charge in [0.1, 0.15) is 11.2 Å². The molecule has 0 saturated carbocycles. The van der Waals surface area contributed by atoms with Gasteiger partial charge in [-0.05, 0) is 24.1 Å². The molecule has 3 aromatic heterocycles. The molecular formula is C20H16N6O. The minimum Gasteiger partial charge on any atom is -0.339 e. The highest BCUT2D eigenvalue weighted by Gasteiger charge is 2.17. The molecule has 0 amide bonds. The first-order valence-electron chi connectivity index (χ1n) is 8.76. The number of hydrogen-bond acceptors (Lipinski definition) is 4. The third-order valence-corrected chi connectivity index (χ3v) is 4.72. The second-order valence-electron chi connectivity index (χ2n) is 6.37. The number of fused-ring (bicyclic) bond motifs is 2. The van der Waals surface area contributed by atoms with Gasteiger partial charge in [-0.1, -0.05) is 48.5 Å². The molecule has 2 aromatic carbocycles. The molecule has 0 atom stereocenters. The van der Waals surface area contributed by atoms with Crippen LogP contribution in [-0.2, 0) is 6.42 Å². The van der Waals surface area contributed by atoms with Crippen LogP contribution in [-0.4, -0.2) is 30.0 Å². The first kappa shape index (κ1) is 15.5. The molecule has 5 rings (SSSR count). The fourth-order valence-corrected chi connectivity index (χ4v) is 3.41. The summed E-state index contributed by atoms with van der Waals surface area (Å²) >= 11 is 0. The van der Waals surface area contributed by atoms with Gasteiger partial charge in [0.15, 0.2) is 0 Å². The van der Waals surface area contributed by atoms with Gasteiger partial charge in [-0.2, -0.15) is 9.61 Å². The number of benzene rings is 2. The molecule has 5 aromatic rings. The van der Waals surface area contributed by atoms with E-state index in [9.17, 15) is 4.79 Å². The molecule has 0 aliphatic carbocycles. The van der Waals surface area contributed by atoms with Gasteiger partial charge in [-0.25, -0.2) is 0 Å². The number of nitrogens with one attached hydrogen (secondary N) is 2. The molecule has 0 fully saturated rings. The SMILES string of the molecule is CCc1nn2c(=O)cc(-c3ccc4[nH]nnc4c3)[nH]c2c1-c1ccccc1. The van der Waals surface area contributed by atoms with E-state index in [1.807, 2.05) is 55.5 Å². The molecule has 27 heavy (non-hydrogen) atoms. The van der Waals surface area contributed by atoms with Crippen molar-refractivity contribution in [2.45, 2.75) is 13.3 Å². The van der Waals surface area contributed by atoms with Gasteiger partial charge in [0.2, 0.25) is 0 Å². The number of H-pyrrole nitrogens is 2. The van der Waals surface area contributed by atoms with E-state index >= 15 is 0 Å². The predicted octanol–water partition coefficient (Wildman–Crippen LogP) is 3.19. The monoisotopic (exact) mass is 356 g/mol. The van der Waals surface area contributed by atoms with E-state index in [0.717, 1.165) is 45.5 Å². The van der Waals surface area contributed by atoms with Gasteiger partial charge in [0, 0.05) is 17.2 Å². The number of aromatic amines is 2. The van der Waals surface area contributed by atoms with Crippen LogP contribution in [0, 0.1) is 0 Å². The molecule has 0 radical (unpaired) electrons. The maximum absolute atomic E-state index is 12.7. The van der Waals surface area contributed by atoms with Crippen molar-refractivity contribution in [2.75, 3.05) is 0 Å². The van der Waals surface area contributed by atoms with Crippen LogP contribution in [0.5, 0.6) is 0 Å². The molecule has 0 spiro atoms. The van der Waals surface area contributed by atoms with Gasteiger partial charge < -0.3 is 4.98 Å². The van der Waals surface area contributed by atoms with Gasteiger partial charge in [0.25, 0.3) is 5.56 Å². The Bertz CT molecular complexity index is 1330. The zero-order valence-electron chi connectivity index (χ0n) is 14.6. The van der Waals surface area contributed by atoms with Crippen molar-refractivity contribution < 1.29 is 0 Å². The number of aryl methyl sites for hydroxylation is 1. The predicted molar refractivity (Wildman–Crippen MR) is 104 cm³/mol. The third kappa shape index (κ3) is 2.43. The topological polar surface area (TPSA) is 91.7 Å². The Morgan fingerprint density at radius 2 is 1.89 bits per heavy atom. The van der Waals surface area contributed by atoms with Gasteiger partial charge in [-0.3, -0.25) is 9.89 Å². The summed E-state index contributed by atoms with van der Waals surface area (Å²) in [5.41, 5.74) is 6.59. The van der Waals surface area contributed by atoms with Gasteiger partial charge >= 0.3 is 0 Å². The summed E-state index contributed by atoms with van der Waals surface area (Å²) in [5.74, 6) is 0. The Morgan fingerprint density at radius 3 is 2.70 bits per heavy atom. The number of nitrogens with zero attached hydrogens (tertiary/aromatic N) is 4. The van der Waals surface area contributed by atoms with Crippen molar-refractivity contribution in [2.24, 2.45) is 0 Å². The quantitative estimate of drug-likeness (QED) is 0.519. The lowest BCUT2D eigenvalue weighted by Gasteiger charge is -2.05. The van der Waals surface area contributed by atoms with Crippen molar-refractivity contribution >= 4 is 16.7 Å². The highest BCUT2D eigenvalue weighted by atomic mass is 16.1. The van der Waals surface area contributed by atoms with Crippen LogP contribution in [0.25, 0.3) is 39.1 Å². The maximum atomic E-state index is 12.7. The van der Waals surface area contributed by atoms with E-state index in [2.05, 4.69) is 25.5 Å². The van der Waals surface area contributed by atoms with Gasteiger partial charge in [-0.15, -0.1) is 5.10 Å². The summed E-state index contributed by atoms with van der Waals surface area (Å²) in [5, 5.41) is 15.2. The highest BCUT2D eigenvalue weighted by Crippen LogP contribution is 2.29. The third-order valence-electron chi connectivity index (χ3n) is 4.72. The Balaban J connectivity index is 1.79. The molecular weight excluding hydrogens is 340 g/mol. The van der Waals surface area contributed by atoms with E-state index in [4.69, 9.17) is 0 Å². The Labute approximate surface area is 153 Å². The Morgan fingerprint density at radius 1 is 1.04 bits per heavy atom. The van der Waals surface area contributed by atoms with Crippen LogP contribution in [0.2, 0.25) is 0 Å². The van der Waals surface area contributed by atoms with Crippen molar-refractivity contribution in [1.82, 2.24) is 30.0 Å². The molecule has 0 saturated heterocycles. The van der Waals surface area contributed by atoms with E-state index in [0.29, 0.717) is 5.65 Å². The second kappa shape index (κ2) is 5.91. The minimum atomic E-state index is -0.170. The number of hydrogen-bond donors (Lipinski definition) is 2. The molecule has 3 heterocycles.